The van der Waals surface area contributed by atoms with E-state index in [-0.39, 0.29) is 105 Å². The highest BCUT2D eigenvalue weighted by molar-refractivity contribution is 14.1. The topological polar surface area (TPSA) is 362 Å². The largest absolute Gasteiger partial charge is 0.465 e. The Balaban J connectivity index is -0.00000132. The molecule has 22 radical (unpaired) electrons. The fraction of sp³-hybridized carbons (Fsp3) is 0.351. The molecule has 3 aromatic carbocycles. The fourth-order valence-electron chi connectivity index (χ4n) is 9.76. The number of hydrogen-bond donors (Lipinski definition) is 3. The number of nitrogens with zero attached hydrogens (tertiary/aromatic N) is 8. The average molecular weight is 1900 g/mol. The molecule has 590 valence electrons. The highest BCUT2D eigenvalue weighted by Crippen LogP contribution is 2.61. The first kappa shape index (κ1) is 114. The normalized spacial score (nSPS) is 11.0. The number of carbonyl (C=O) groups excluding carboxylic acids is 7. The molecule has 4 heterocycles. The van der Waals surface area contributed by atoms with Crippen molar-refractivity contribution in [3.05, 3.63) is 170 Å². The SMILES string of the molecule is C.C.C.CCOC(=O)C1C(=O)N(C)C(=O)N(C)C1=O.CCOC(=O)c1c(Cl)n(C)c(=O)n(C)c1=O.CCOC(=O)c1c(Nc2ccc(I)cc2F)n(C)c(=O)n(C)c1=O.CCOC(=O)c1c(Nc2ccccc2F)n(C)c(=O)n(C)c1=O.Nc1ccc(I)cc1F.O=P(Cl)(Cl)Cl.[B]B([B])B([B])B(B(B([B])[B])B([B])[B])B(B([B])[B])B([B])[B]. The number of rotatable bonds is 20. The Morgan fingerprint density at radius 1 is 0.474 bits per heavy atom. The first-order valence-corrected chi connectivity index (χ1v) is 39.4. The van der Waals surface area contributed by atoms with Crippen molar-refractivity contribution in [3.8, 4) is 0 Å². The molecule has 59 heteroatoms. The summed E-state index contributed by atoms with van der Waals surface area (Å²) in [6.45, 7) is 6.67. The average Bonchev–Trinajstić information content (AvgIpc) is 0.802. The zero-order valence-corrected chi connectivity index (χ0v) is 70.8. The number of halogens is 9. The van der Waals surface area contributed by atoms with Gasteiger partial charge in [-0.3, -0.25) is 70.5 Å². The highest BCUT2D eigenvalue weighted by atomic mass is 127. The number of imide groups is 2. The van der Waals surface area contributed by atoms with Gasteiger partial charge in [-0.05, 0) is 155 Å². The Morgan fingerprint density at radius 3 is 1.11 bits per heavy atom. The third-order valence-corrected chi connectivity index (χ3v) is 17.2. The molecule has 0 saturated carbocycles. The highest BCUT2D eigenvalue weighted by Gasteiger charge is 2.48. The summed E-state index contributed by atoms with van der Waals surface area (Å²) >= 11 is 23.6. The lowest BCUT2D eigenvalue weighted by Crippen LogP contribution is -2.80. The van der Waals surface area contributed by atoms with E-state index in [1.165, 1.54) is 92.8 Å². The van der Waals surface area contributed by atoms with E-state index in [0.29, 0.717) is 3.57 Å². The van der Waals surface area contributed by atoms with Crippen LogP contribution in [0.5, 0.6) is 0 Å². The van der Waals surface area contributed by atoms with Gasteiger partial charge in [0.25, 0.3) is 28.5 Å². The van der Waals surface area contributed by atoms with Gasteiger partial charge in [-0.1, -0.05) is 46.0 Å². The molecule has 1 fully saturated rings. The van der Waals surface area contributed by atoms with Crippen LogP contribution in [0.25, 0.3) is 0 Å². The van der Waals surface area contributed by atoms with E-state index in [1.807, 2.05) is 45.2 Å². The Morgan fingerprint density at radius 2 is 0.793 bits per heavy atom. The molecular weight excluding hydrogens is 1830 g/mol. The number of esters is 4. The van der Waals surface area contributed by atoms with E-state index in [9.17, 15) is 80.1 Å². The van der Waals surface area contributed by atoms with Crippen molar-refractivity contribution in [1.29, 1.82) is 0 Å². The Kier molecular flexibility index (Phi) is 51.5. The maximum Gasteiger partial charge on any atom is 0.347 e. The number of anilines is 5. The standard InChI is InChI=1S/C15H15FIN3O4.C15H16FN3O4.C9H11ClN2O4.C9H12N2O5.C6H5FIN.3CH4.B20.Cl3OP/c1-4-24-14(22)11-12(19(2)15(23)20(3)13(11)21)18-10-6-5-8(17)7-9(10)16;1-4-23-14(21)11-12(17-10-8-6-5-7-9(10)16)18(2)15(22)19(3)13(11)20;1-4-16-8(14)5-6(10)11(2)9(15)12(3)7(5)13;1-4-16-8(14)5-6(12)10(2)9(15)11(3)7(5)13;7-5-3-4(8)1-2-6(5)9;;;;1-12(2)17(11)20(18(13(3)4)14(5)6)19(15(7)8)16(9)10;1-5(2,3)4/h5-7,18H,4H2,1-3H3;5-8,17H,4H2,1-3H3;4H2,1-3H3;5H,4H2,1-3H3;1-3H,9H2;3*1H4;;. The van der Waals surface area contributed by atoms with Gasteiger partial charge in [0.15, 0.2) is 16.7 Å². The number of urea groups is 1. The van der Waals surface area contributed by atoms with E-state index < -0.39 is 156 Å². The molecule has 4 N–H and O–H groups in total. The molecule has 1 saturated heterocycles. The molecular formula is C57H71B20Cl4F3I2N11O18P. The van der Waals surface area contributed by atoms with Crippen LogP contribution in [0.15, 0.2) is 89.4 Å². The minimum Gasteiger partial charge on any atom is -0.465 e. The molecule has 1 aliphatic rings. The van der Waals surface area contributed by atoms with Gasteiger partial charge in [0.05, 0.1) is 43.5 Å². The minimum atomic E-state index is -3.22. The Bertz CT molecular complexity index is 4790. The number of para-hydroxylation sites is 1. The van der Waals surface area contributed by atoms with Crippen molar-refractivity contribution in [1.82, 2.24) is 37.2 Å². The van der Waals surface area contributed by atoms with Gasteiger partial charge in [0, 0.05) is 206 Å². The number of carbonyl (C=O) groups is 7. The molecule has 0 aliphatic carbocycles. The number of nitrogen functional groups attached to an aromatic ring is 1. The predicted octanol–water partition coefficient (Wildman–Crippen LogP) is 1.14. The van der Waals surface area contributed by atoms with E-state index in [1.54, 1.807) is 52.0 Å². The first-order chi connectivity index (χ1) is 52.2. The molecule has 0 bridgehead atoms. The number of hydrogen-bond acceptors (Lipinski definition) is 21. The number of amides is 4. The van der Waals surface area contributed by atoms with Crippen LogP contribution in [-0.4, -0.2) is 262 Å². The van der Waals surface area contributed by atoms with Gasteiger partial charge in [-0.25, -0.2) is 46.7 Å². The summed E-state index contributed by atoms with van der Waals surface area (Å²) in [5.41, 5.74) is 0.142. The van der Waals surface area contributed by atoms with Gasteiger partial charge >= 0.3 is 52.2 Å². The Labute approximate surface area is 734 Å². The summed E-state index contributed by atoms with van der Waals surface area (Å²) in [6.07, 6.45) is -7.15. The molecule has 6 aromatic rings. The summed E-state index contributed by atoms with van der Waals surface area (Å²) in [5, 5.41) is 1.85. The van der Waals surface area contributed by atoms with Crippen molar-refractivity contribution >= 4 is 309 Å². The minimum absolute atomic E-state index is 0. The summed E-state index contributed by atoms with van der Waals surface area (Å²) < 4.78 is 76.0. The molecule has 116 heavy (non-hydrogen) atoms. The molecule has 7 rings (SSSR count). The molecule has 3 aromatic heterocycles. The van der Waals surface area contributed by atoms with Gasteiger partial charge < -0.3 is 35.3 Å². The number of ether oxygens (including phenoxy) is 4. The summed E-state index contributed by atoms with van der Waals surface area (Å²) in [4.78, 5) is 155. The summed E-state index contributed by atoms with van der Waals surface area (Å²) in [5.74, 6) is -8.56. The number of benzene rings is 3. The van der Waals surface area contributed by atoms with Crippen LogP contribution in [0.3, 0.4) is 0 Å². The lowest BCUT2D eigenvalue weighted by Gasteiger charge is -2.42. The molecule has 4 amide bonds. The second-order valence-electron chi connectivity index (χ2n) is 23.3. The van der Waals surface area contributed by atoms with E-state index in [0.717, 1.165) is 40.8 Å². The van der Waals surface area contributed by atoms with Crippen molar-refractivity contribution < 1.29 is 70.2 Å². The zero-order chi connectivity index (χ0) is 87.6. The van der Waals surface area contributed by atoms with Crippen LogP contribution in [0.1, 0.15) is 81.0 Å². The van der Waals surface area contributed by atoms with E-state index in [4.69, 9.17) is 112 Å². The van der Waals surface area contributed by atoms with Crippen LogP contribution in [0, 0.1) is 30.5 Å². The van der Waals surface area contributed by atoms with Crippen LogP contribution in [0.2, 0.25) is 5.15 Å². The first-order valence-electron chi connectivity index (χ1n) is 32.5. The molecule has 0 atom stereocenters. The van der Waals surface area contributed by atoms with Crippen molar-refractivity contribution in [3.63, 3.8) is 0 Å². The summed E-state index contributed by atoms with van der Waals surface area (Å²) in [6, 6.07) is 14.1. The molecule has 0 unspecified atom stereocenters. The molecule has 1 aliphatic heterocycles. The van der Waals surface area contributed by atoms with Gasteiger partial charge in [-0.2, -0.15) is 0 Å². The maximum atomic E-state index is 14.1. The van der Waals surface area contributed by atoms with E-state index in [2.05, 4.69) is 53.8 Å². The quantitative estimate of drug-likeness (QED) is 0.0141. The molecule has 29 nitrogen and oxygen atoms in total. The van der Waals surface area contributed by atoms with Crippen LogP contribution in [0.4, 0.5) is 46.7 Å². The number of barbiturate groups is 1. The van der Waals surface area contributed by atoms with Gasteiger partial charge in [-0.15, -0.1) is 0 Å². The number of nitrogens with two attached hydrogens (primary N) is 1. The maximum absolute atomic E-state index is 14.1. The van der Waals surface area contributed by atoms with Crippen molar-refractivity contribution in [2.24, 2.45) is 48.2 Å². The molecule has 0 spiro atoms. The lowest BCUT2D eigenvalue weighted by atomic mass is 8.39. The monoisotopic (exact) mass is 1900 g/mol. The predicted molar refractivity (Wildman–Crippen MR) is 491 cm³/mol. The zero-order valence-electron chi connectivity index (χ0n) is 62.6. The number of aromatic nitrogens is 6. The third kappa shape index (κ3) is 32.2. The van der Waals surface area contributed by atoms with Crippen molar-refractivity contribution in [2.75, 3.05) is 56.9 Å². The lowest BCUT2D eigenvalue weighted by molar-refractivity contribution is -0.162. The van der Waals surface area contributed by atoms with Crippen LogP contribution >= 0.6 is 95.7 Å². The smallest absolute Gasteiger partial charge is 0.347 e. The fourth-order valence-corrected chi connectivity index (χ4v) is 10.9. The Hall–Kier alpha value is -6.47. The van der Waals surface area contributed by atoms with Crippen LogP contribution < -0.4 is 50.1 Å². The van der Waals surface area contributed by atoms with Gasteiger partial charge in [0.2, 0.25) is 5.92 Å². The third-order valence-electron chi connectivity index (χ3n) is 15.4. The second-order valence-corrected chi connectivity index (χ2v) is 32.8. The van der Waals surface area contributed by atoms with Gasteiger partial charge in [0.1, 0.15) is 34.2 Å². The van der Waals surface area contributed by atoms with E-state index >= 15 is 0 Å². The van der Waals surface area contributed by atoms with Crippen molar-refractivity contribution in [2.45, 2.75) is 50.0 Å². The van der Waals surface area contributed by atoms with Crippen LogP contribution in [-0.2, 0) is 80.2 Å². The summed E-state index contributed by atoms with van der Waals surface area (Å²) in [7, 11) is 73.4. The number of nitrogens with one attached hydrogen (secondary N) is 2. The second kappa shape index (κ2) is 52.6.